The smallest absolute Gasteiger partial charge is 0.234 e. The third-order valence-electron chi connectivity index (χ3n) is 2.53. The van der Waals surface area contributed by atoms with Gasteiger partial charge in [-0.3, -0.25) is 4.72 Å². The standard InChI is InChI=1S/C10H17N3O2S2/c14-17(15,13-10-12-6-7-16-10)8-2-1-5-11-9-3-4-9/h6-7,9,11H,1-5,8H2,(H,12,13). The highest BCUT2D eigenvalue weighted by Gasteiger charge is 2.19. The molecule has 0 spiro atoms. The number of aromatic nitrogens is 1. The molecule has 0 radical (unpaired) electrons. The van der Waals surface area contributed by atoms with Crippen LogP contribution in [0.3, 0.4) is 0 Å². The third-order valence-corrected chi connectivity index (χ3v) is 4.67. The van der Waals surface area contributed by atoms with E-state index in [1.807, 2.05) is 0 Å². The first-order valence-electron chi connectivity index (χ1n) is 5.79. The Balaban J connectivity index is 1.62. The molecule has 0 bridgehead atoms. The monoisotopic (exact) mass is 275 g/mol. The van der Waals surface area contributed by atoms with Gasteiger partial charge in [-0.2, -0.15) is 0 Å². The Hall–Kier alpha value is -0.660. The van der Waals surface area contributed by atoms with Crippen LogP contribution >= 0.6 is 11.3 Å². The minimum atomic E-state index is -3.22. The second-order valence-corrected chi connectivity index (χ2v) is 6.93. The fraction of sp³-hybridized carbons (Fsp3) is 0.700. The summed E-state index contributed by atoms with van der Waals surface area (Å²) in [6.45, 7) is 0.914. The maximum Gasteiger partial charge on any atom is 0.234 e. The van der Waals surface area contributed by atoms with Gasteiger partial charge in [-0.25, -0.2) is 13.4 Å². The molecule has 5 nitrogen and oxygen atoms in total. The molecule has 1 aliphatic carbocycles. The predicted molar refractivity (Wildman–Crippen MR) is 69.8 cm³/mol. The molecule has 1 fully saturated rings. The summed E-state index contributed by atoms with van der Waals surface area (Å²) in [6, 6.07) is 0.694. The molecular formula is C10H17N3O2S2. The van der Waals surface area contributed by atoms with Gasteiger partial charge in [0.1, 0.15) is 0 Å². The molecule has 1 heterocycles. The van der Waals surface area contributed by atoms with Gasteiger partial charge >= 0.3 is 0 Å². The number of sulfonamides is 1. The van der Waals surface area contributed by atoms with Crippen LogP contribution in [0.15, 0.2) is 11.6 Å². The predicted octanol–water partition coefficient (Wildman–Crippen LogP) is 1.42. The molecule has 2 rings (SSSR count). The van der Waals surface area contributed by atoms with Crippen molar-refractivity contribution in [1.29, 1.82) is 0 Å². The number of nitrogens with zero attached hydrogens (tertiary/aromatic N) is 1. The molecule has 96 valence electrons. The van der Waals surface area contributed by atoms with E-state index in [0.29, 0.717) is 17.6 Å². The molecule has 0 unspecified atom stereocenters. The molecule has 0 aromatic carbocycles. The van der Waals surface area contributed by atoms with Crippen LogP contribution in [-0.4, -0.2) is 31.7 Å². The molecule has 0 saturated heterocycles. The lowest BCUT2D eigenvalue weighted by atomic mass is 10.3. The fourth-order valence-electron chi connectivity index (χ4n) is 1.47. The molecule has 1 aliphatic rings. The second-order valence-electron chi connectivity index (χ2n) is 4.19. The Morgan fingerprint density at radius 1 is 1.41 bits per heavy atom. The lowest BCUT2D eigenvalue weighted by molar-refractivity contribution is 0.591. The van der Waals surface area contributed by atoms with Crippen LogP contribution in [0.5, 0.6) is 0 Å². The normalized spacial score (nSPS) is 16.0. The SMILES string of the molecule is O=S(=O)(CCCCNC1CC1)Nc1nccs1. The molecular weight excluding hydrogens is 258 g/mol. The quantitative estimate of drug-likeness (QED) is 0.704. The first-order valence-corrected chi connectivity index (χ1v) is 8.32. The minimum absolute atomic E-state index is 0.166. The summed E-state index contributed by atoms with van der Waals surface area (Å²) in [4.78, 5) is 3.89. The summed E-state index contributed by atoms with van der Waals surface area (Å²) in [5.74, 6) is 0.166. The van der Waals surface area contributed by atoms with Crippen LogP contribution < -0.4 is 10.0 Å². The van der Waals surface area contributed by atoms with Crippen molar-refractivity contribution >= 4 is 26.5 Å². The zero-order valence-electron chi connectivity index (χ0n) is 9.55. The maximum absolute atomic E-state index is 11.6. The second kappa shape index (κ2) is 5.79. The Bertz CT molecular complexity index is 426. The van der Waals surface area contributed by atoms with Gasteiger partial charge in [0, 0.05) is 17.6 Å². The summed E-state index contributed by atoms with van der Waals surface area (Å²) in [5, 5.41) is 5.56. The van der Waals surface area contributed by atoms with Crippen LogP contribution in [0.4, 0.5) is 5.13 Å². The molecule has 2 N–H and O–H groups in total. The van der Waals surface area contributed by atoms with Crippen molar-refractivity contribution in [3.63, 3.8) is 0 Å². The van der Waals surface area contributed by atoms with Gasteiger partial charge in [0.05, 0.1) is 5.75 Å². The summed E-state index contributed by atoms with van der Waals surface area (Å²) in [5.41, 5.74) is 0. The Kier molecular flexibility index (Phi) is 4.36. The van der Waals surface area contributed by atoms with Gasteiger partial charge in [-0.05, 0) is 32.2 Å². The molecule has 1 aromatic heterocycles. The van der Waals surface area contributed by atoms with Crippen LogP contribution in [0.1, 0.15) is 25.7 Å². The van der Waals surface area contributed by atoms with Crippen LogP contribution in [0, 0.1) is 0 Å². The number of hydrogen-bond donors (Lipinski definition) is 2. The van der Waals surface area contributed by atoms with Crippen molar-refractivity contribution in [1.82, 2.24) is 10.3 Å². The summed E-state index contributed by atoms with van der Waals surface area (Å²) >= 11 is 1.29. The Labute approximate surface area is 106 Å². The first kappa shape index (κ1) is 12.8. The van der Waals surface area contributed by atoms with E-state index in [1.165, 1.54) is 24.2 Å². The van der Waals surface area contributed by atoms with E-state index in [1.54, 1.807) is 11.6 Å². The number of anilines is 1. The molecule has 0 aliphatic heterocycles. The summed E-state index contributed by atoms with van der Waals surface area (Å²) < 4.78 is 25.8. The van der Waals surface area contributed by atoms with E-state index in [0.717, 1.165) is 13.0 Å². The molecule has 0 amide bonds. The molecule has 0 atom stereocenters. The zero-order valence-corrected chi connectivity index (χ0v) is 11.2. The number of thiazole rings is 1. The van der Waals surface area contributed by atoms with E-state index in [4.69, 9.17) is 0 Å². The zero-order chi connectivity index (χ0) is 12.1. The lowest BCUT2D eigenvalue weighted by Crippen LogP contribution is -2.20. The minimum Gasteiger partial charge on any atom is -0.314 e. The lowest BCUT2D eigenvalue weighted by Gasteiger charge is -2.05. The third kappa shape index (κ3) is 5.01. The number of unbranched alkanes of at least 4 members (excludes halogenated alkanes) is 1. The van der Waals surface area contributed by atoms with Crippen LogP contribution in [0.25, 0.3) is 0 Å². The van der Waals surface area contributed by atoms with Crippen molar-refractivity contribution in [2.24, 2.45) is 0 Å². The van der Waals surface area contributed by atoms with E-state index in [2.05, 4.69) is 15.0 Å². The highest BCUT2D eigenvalue weighted by atomic mass is 32.2. The van der Waals surface area contributed by atoms with Gasteiger partial charge in [-0.1, -0.05) is 0 Å². The van der Waals surface area contributed by atoms with Gasteiger partial charge in [0.25, 0.3) is 0 Å². The van der Waals surface area contributed by atoms with E-state index < -0.39 is 10.0 Å². The molecule has 17 heavy (non-hydrogen) atoms. The molecule has 1 aromatic rings. The van der Waals surface area contributed by atoms with Crippen molar-refractivity contribution in [3.05, 3.63) is 11.6 Å². The topological polar surface area (TPSA) is 71.1 Å². The number of hydrogen-bond acceptors (Lipinski definition) is 5. The highest BCUT2D eigenvalue weighted by Crippen LogP contribution is 2.18. The van der Waals surface area contributed by atoms with E-state index in [-0.39, 0.29) is 5.75 Å². The summed E-state index contributed by atoms with van der Waals surface area (Å²) in [7, 11) is -3.22. The Morgan fingerprint density at radius 2 is 2.24 bits per heavy atom. The Morgan fingerprint density at radius 3 is 2.88 bits per heavy atom. The number of nitrogens with one attached hydrogen (secondary N) is 2. The van der Waals surface area contributed by atoms with Crippen molar-refractivity contribution in [2.45, 2.75) is 31.7 Å². The molecule has 1 saturated carbocycles. The average Bonchev–Trinajstić information content (AvgIpc) is 2.95. The van der Waals surface area contributed by atoms with Gasteiger partial charge in [0.15, 0.2) is 5.13 Å². The number of rotatable bonds is 8. The van der Waals surface area contributed by atoms with E-state index >= 15 is 0 Å². The van der Waals surface area contributed by atoms with Crippen LogP contribution in [-0.2, 0) is 10.0 Å². The highest BCUT2D eigenvalue weighted by molar-refractivity contribution is 7.92. The first-order chi connectivity index (χ1) is 8.16. The van der Waals surface area contributed by atoms with Gasteiger partial charge < -0.3 is 5.32 Å². The van der Waals surface area contributed by atoms with Gasteiger partial charge in [0.2, 0.25) is 10.0 Å². The molecule has 7 heteroatoms. The van der Waals surface area contributed by atoms with Gasteiger partial charge in [-0.15, -0.1) is 11.3 Å². The maximum atomic E-state index is 11.6. The van der Waals surface area contributed by atoms with Crippen molar-refractivity contribution in [2.75, 3.05) is 17.0 Å². The largest absolute Gasteiger partial charge is 0.314 e. The van der Waals surface area contributed by atoms with Crippen molar-refractivity contribution < 1.29 is 8.42 Å². The average molecular weight is 275 g/mol. The van der Waals surface area contributed by atoms with Crippen LogP contribution in [0.2, 0.25) is 0 Å². The van der Waals surface area contributed by atoms with E-state index in [9.17, 15) is 8.42 Å². The fourth-order valence-corrected chi connectivity index (χ4v) is 3.42. The summed E-state index contributed by atoms with van der Waals surface area (Å²) in [6.07, 6.45) is 5.70. The van der Waals surface area contributed by atoms with Crippen molar-refractivity contribution in [3.8, 4) is 0 Å².